The summed E-state index contributed by atoms with van der Waals surface area (Å²) in [4.78, 5) is 38.0. The Morgan fingerprint density at radius 1 is 0.611 bits per heavy atom. The lowest BCUT2D eigenvalue weighted by Crippen LogP contribution is -2.47. The highest BCUT2D eigenvalue weighted by atomic mass is 16.6. The maximum Gasteiger partial charge on any atom is 0.408 e. The maximum atomic E-state index is 13.4. The Hall–Kier alpha value is -2.97. The van der Waals surface area contributed by atoms with E-state index < -0.39 is 17.7 Å². The van der Waals surface area contributed by atoms with E-state index in [0.717, 1.165) is 56.3 Å². The van der Waals surface area contributed by atoms with Crippen LogP contribution in [0, 0.1) is 0 Å². The van der Waals surface area contributed by atoms with Crippen molar-refractivity contribution in [2.75, 3.05) is 26.3 Å². The number of hydrogen-bond acceptors (Lipinski definition) is 6. The molecular formula is C45H81N3O6. The second kappa shape index (κ2) is 31.3. The van der Waals surface area contributed by atoms with Crippen molar-refractivity contribution in [3.05, 3.63) is 23.3 Å². The van der Waals surface area contributed by atoms with Gasteiger partial charge in [-0.1, -0.05) is 143 Å². The lowest BCUT2D eigenvalue weighted by Gasteiger charge is -2.21. The normalized spacial score (nSPS) is 11.9. The molecule has 1 atom stereocenters. The third-order valence-corrected chi connectivity index (χ3v) is 9.53. The van der Waals surface area contributed by atoms with Crippen molar-refractivity contribution in [2.24, 2.45) is 0 Å². The van der Waals surface area contributed by atoms with Gasteiger partial charge in [-0.3, -0.25) is 9.59 Å². The Labute approximate surface area is 330 Å². The summed E-state index contributed by atoms with van der Waals surface area (Å²) in [6.45, 7) is 15.3. The number of carbonyl (C=O) groups excluding carboxylic acids is 3. The summed E-state index contributed by atoms with van der Waals surface area (Å²) in [5.74, 6) is 0.837. The molecule has 0 saturated carbocycles. The summed E-state index contributed by atoms with van der Waals surface area (Å²) in [5.41, 5.74) is 0.872. The van der Waals surface area contributed by atoms with E-state index >= 15 is 0 Å². The van der Waals surface area contributed by atoms with Gasteiger partial charge in [0.25, 0.3) is 5.91 Å². The number of carbonyl (C=O) groups is 3. The fourth-order valence-electron chi connectivity index (χ4n) is 6.32. The topological polar surface area (TPSA) is 115 Å². The Bertz CT molecular complexity index is 1140. The van der Waals surface area contributed by atoms with Crippen molar-refractivity contribution in [1.29, 1.82) is 0 Å². The van der Waals surface area contributed by atoms with Gasteiger partial charge in [0.15, 0.2) is 11.5 Å². The molecule has 0 aliphatic rings. The monoisotopic (exact) mass is 760 g/mol. The number of rotatable bonds is 33. The van der Waals surface area contributed by atoms with Crippen molar-refractivity contribution in [3.8, 4) is 11.5 Å². The van der Waals surface area contributed by atoms with E-state index in [2.05, 4.69) is 36.7 Å². The SMILES string of the molecule is CCCCCCCCCCCCOc1cc(C(=O)NCCNC(=O)[C@@H](C)NC(=O)OC(C)(C)C)cc(CCCC)c1OCCCCCCCCCCCC. The molecule has 0 fully saturated rings. The molecule has 0 radical (unpaired) electrons. The minimum absolute atomic E-state index is 0.218. The fourth-order valence-corrected chi connectivity index (χ4v) is 6.32. The summed E-state index contributed by atoms with van der Waals surface area (Å²) in [7, 11) is 0. The first-order valence-electron chi connectivity index (χ1n) is 22.0. The number of amides is 3. The highest BCUT2D eigenvalue weighted by Gasteiger charge is 2.21. The zero-order valence-electron chi connectivity index (χ0n) is 35.8. The minimum atomic E-state index is -0.778. The molecule has 0 unspecified atom stereocenters. The molecule has 1 rings (SSSR count). The van der Waals surface area contributed by atoms with E-state index in [-0.39, 0.29) is 24.9 Å². The van der Waals surface area contributed by atoms with Crippen molar-refractivity contribution in [1.82, 2.24) is 16.0 Å². The first kappa shape index (κ1) is 49.0. The number of alkyl carbamates (subject to hydrolysis) is 1. The highest BCUT2D eigenvalue weighted by molar-refractivity contribution is 5.95. The summed E-state index contributed by atoms with van der Waals surface area (Å²) in [5, 5.41) is 8.24. The lowest BCUT2D eigenvalue weighted by atomic mass is 10.0. The van der Waals surface area contributed by atoms with E-state index in [0.29, 0.717) is 24.5 Å². The summed E-state index contributed by atoms with van der Waals surface area (Å²) in [6.07, 6.45) is 27.5. The van der Waals surface area contributed by atoms with Crippen molar-refractivity contribution < 1.29 is 28.6 Å². The van der Waals surface area contributed by atoms with Gasteiger partial charge in [0.1, 0.15) is 11.6 Å². The quantitative estimate of drug-likeness (QED) is 0.0615. The van der Waals surface area contributed by atoms with Crippen LogP contribution in [-0.2, 0) is 16.0 Å². The van der Waals surface area contributed by atoms with Gasteiger partial charge in [-0.15, -0.1) is 0 Å². The number of aryl methyl sites for hydroxylation is 1. The molecule has 1 aromatic rings. The van der Waals surface area contributed by atoms with Crippen LogP contribution in [0.4, 0.5) is 4.79 Å². The molecule has 9 nitrogen and oxygen atoms in total. The minimum Gasteiger partial charge on any atom is -0.490 e. The number of hydrogen-bond donors (Lipinski definition) is 3. The van der Waals surface area contributed by atoms with Crippen LogP contribution in [0.25, 0.3) is 0 Å². The summed E-state index contributed by atoms with van der Waals surface area (Å²) in [6, 6.07) is 2.98. The van der Waals surface area contributed by atoms with Crippen LogP contribution in [0.15, 0.2) is 12.1 Å². The molecule has 0 aliphatic carbocycles. The predicted octanol–water partition coefficient (Wildman–Crippen LogP) is 11.4. The van der Waals surface area contributed by atoms with Crippen LogP contribution in [0.3, 0.4) is 0 Å². The summed E-state index contributed by atoms with van der Waals surface area (Å²) >= 11 is 0. The van der Waals surface area contributed by atoms with Gasteiger partial charge >= 0.3 is 6.09 Å². The fraction of sp³-hybridized carbons (Fsp3) is 0.800. The van der Waals surface area contributed by atoms with E-state index in [1.54, 1.807) is 27.7 Å². The second-order valence-corrected chi connectivity index (χ2v) is 16.0. The zero-order chi connectivity index (χ0) is 39.9. The van der Waals surface area contributed by atoms with E-state index in [1.165, 1.54) is 103 Å². The van der Waals surface area contributed by atoms with E-state index in [4.69, 9.17) is 14.2 Å². The largest absolute Gasteiger partial charge is 0.490 e. The molecule has 9 heteroatoms. The number of benzene rings is 1. The van der Waals surface area contributed by atoms with Crippen LogP contribution in [0.1, 0.15) is 206 Å². The van der Waals surface area contributed by atoms with Gasteiger partial charge in [-0.25, -0.2) is 4.79 Å². The van der Waals surface area contributed by atoms with Crippen LogP contribution in [-0.4, -0.2) is 55.9 Å². The van der Waals surface area contributed by atoms with Crippen molar-refractivity contribution in [3.63, 3.8) is 0 Å². The van der Waals surface area contributed by atoms with Gasteiger partial charge in [0, 0.05) is 18.7 Å². The molecule has 0 bridgehead atoms. The Kier molecular flexibility index (Phi) is 28.4. The number of nitrogens with one attached hydrogen (secondary N) is 3. The molecule has 54 heavy (non-hydrogen) atoms. The van der Waals surface area contributed by atoms with Gasteiger partial charge in [0.2, 0.25) is 5.91 Å². The lowest BCUT2D eigenvalue weighted by molar-refractivity contribution is -0.122. The third-order valence-electron chi connectivity index (χ3n) is 9.53. The van der Waals surface area contributed by atoms with Gasteiger partial charge in [0.05, 0.1) is 13.2 Å². The molecule has 0 aromatic heterocycles. The second-order valence-electron chi connectivity index (χ2n) is 16.0. The summed E-state index contributed by atoms with van der Waals surface area (Å²) < 4.78 is 18.1. The Balaban J connectivity index is 2.82. The molecule has 3 amide bonds. The zero-order valence-corrected chi connectivity index (χ0v) is 35.8. The van der Waals surface area contributed by atoms with E-state index in [9.17, 15) is 14.4 Å². The Morgan fingerprint density at radius 3 is 1.57 bits per heavy atom. The van der Waals surface area contributed by atoms with Crippen molar-refractivity contribution >= 4 is 17.9 Å². The first-order valence-corrected chi connectivity index (χ1v) is 22.0. The molecule has 0 spiro atoms. The van der Waals surface area contributed by atoms with Crippen LogP contribution in [0.2, 0.25) is 0 Å². The maximum absolute atomic E-state index is 13.4. The van der Waals surface area contributed by atoms with Crippen LogP contribution < -0.4 is 25.4 Å². The van der Waals surface area contributed by atoms with Gasteiger partial charge < -0.3 is 30.2 Å². The first-order chi connectivity index (χ1) is 26.0. The van der Waals surface area contributed by atoms with Crippen LogP contribution in [0.5, 0.6) is 11.5 Å². The van der Waals surface area contributed by atoms with Crippen LogP contribution >= 0.6 is 0 Å². The standard InChI is InChI=1S/C45H81N3O6/c1-8-11-14-16-18-20-22-24-26-28-33-52-40-36-39(43(50)47-32-31-46-42(49)37(4)48-44(51)54-45(5,6)7)35-38(30-13-10-3)41(40)53-34-29-27-25-23-21-19-17-15-12-9-2/h35-37H,8-34H2,1-7H3,(H,46,49)(H,47,50)(H,48,51)/t37-/m1/s1. The molecule has 312 valence electrons. The van der Waals surface area contributed by atoms with E-state index in [1.807, 2.05) is 12.1 Å². The smallest absolute Gasteiger partial charge is 0.408 e. The molecular weight excluding hydrogens is 679 g/mol. The molecule has 1 aromatic carbocycles. The average Bonchev–Trinajstić information content (AvgIpc) is 3.12. The number of ether oxygens (including phenoxy) is 3. The highest BCUT2D eigenvalue weighted by Crippen LogP contribution is 2.35. The number of unbranched alkanes of at least 4 members (excludes halogenated alkanes) is 19. The molecule has 0 saturated heterocycles. The Morgan fingerprint density at radius 2 is 1.07 bits per heavy atom. The molecule has 3 N–H and O–H groups in total. The van der Waals surface area contributed by atoms with Gasteiger partial charge in [-0.2, -0.15) is 0 Å². The molecule has 0 aliphatic heterocycles. The third kappa shape index (κ3) is 25.2. The predicted molar refractivity (Wildman–Crippen MR) is 224 cm³/mol. The average molecular weight is 760 g/mol. The van der Waals surface area contributed by atoms with Crippen molar-refractivity contribution in [2.45, 2.75) is 208 Å². The van der Waals surface area contributed by atoms with Gasteiger partial charge in [-0.05, 0) is 71.1 Å². The molecule has 0 heterocycles.